The molecule has 2 aliphatic rings. The molecular formula is C25H31N3O5S. The highest BCUT2D eigenvalue weighted by molar-refractivity contribution is 7.89. The number of carbonyl (C=O) groups excluding carboxylic acids is 2. The van der Waals surface area contributed by atoms with Crippen LogP contribution in [0.2, 0.25) is 0 Å². The zero-order valence-corrected chi connectivity index (χ0v) is 20.8. The van der Waals surface area contributed by atoms with E-state index in [1.165, 1.54) is 10.4 Å². The lowest BCUT2D eigenvalue weighted by atomic mass is 9.98. The van der Waals surface area contributed by atoms with Crippen molar-refractivity contribution >= 4 is 33.2 Å². The van der Waals surface area contributed by atoms with Crippen LogP contribution in [-0.4, -0.2) is 43.7 Å². The summed E-state index contributed by atoms with van der Waals surface area (Å²) in [5.74, 6) is -0.513. The van der Waals surface area contributed by atoms with E-state index in [4.69, 9.17) is 4.74 Å². The van der Waals surface area contributed by atoms with E-state index in [1.807, 2.05) is 39.0 Å². The average molecular weight is 486 g/mol. The minimum absolute atomic E-state index is 0.116. The Kier molecular flexibility index (Phi) is 6.69. The maximum absolute atomic E-state index is 13.6. The number of rotatable bonds is 5. The molecule has 9 heteroatoms. The lowest BCUT2D eigenvalue weighted by Crippen LogP contribution is -2.44. The van der Waals surface area contributed by atoms with Gasteiger partial charge in [-0.1, -0.05) is 13.0 Å². The fourth-order valence-electron chi connectivity index (χ4n) is 4.41. The van der Waals surface area contributed by atoms with Crippen molar-refractivity contribution in [1.82, 2.24) is 4.31 Å². The molecule has 4 rings (SSSR count). The van der Waals surface area contributed by atoms with Gasteiger partial charge in [-0.05, 0) is 74.9 Å². The maximum Gasteiger partial charge on any atom is 0.265 e. The Morgan fingerprint density at radius 1 is 1.15 bits per heavy atom. The fourth-order valence-corrected chi connectivity index (χ4v) is 6.15. The van der Waals surface area contributed by atoms with Crippen LogP contribution in [0.5, 0.6) is 5.75 Å². The Morgan fingerprint density at radius 2 is 1.91 bits per heavy atom. The summed E-state index contributed by atoms with van der Waals surface area (Å²) in [5.41, 5.74) is 3.91. The number of aryl methyl sites for hydroxylation is 3. The van der Waals surface area contributed by atoms with E-state index in [9.17, 15) is 18.0 Å². The van der Waals surface area contributed by atoms with Crippen LogP contribution in [0.15, 0.2) is 35.2 Å². The molecule has 2 aromatic carbocycles. The second-order valence-corrected chi connectivity index (χ2v) is 11.0. The van der Waals surface area contributed by atoms with Crippen molar-refractivity contribution < 1.29 is 22.7 Å². The maximum atomic E-state index is 13.6. The zero-order chi connectivity index (χ0) is 24.6. The number of carbonyl (C=O) groups is 2. The van der Waals surface area contributed by atoms with Crippen LogP contribution < -0.4 is 15.4 Å². The third kappa shape index (κ3) is 4.67. The molecule has 1 fully saturated rings. The Hall–Kier alpha value is -2.91. The fraction of sp³-hybridized carbons (Fsp3) is 0.440. The zero-order valence-electron chi connectivity index (χ0n) is 20.0. The molecule has 2 N–H and O–H groups in total. The molecule has 0 saturated carbocycles. The summed E-state index contributed by atoms with van der Waals surface area (Å²) in [4.78, 5) is 25.2. The molecule has 2 aromatic rings. The topological polar surface area (TPSA) is 105 Å². The van der Waals surface area contributed by atoms with Gasteiger partial charge < -0.3 is 15.4 Å². The number of anilines is 2. The van der Waals surface area contributed by atoms with E-state index in [0.717, 1.165) is 11.1 Å². The van der Waals surface area contributed by atoms with Gasteiger partial charge in [0.2, 0.25) is 15.9 Å². The van der Waals surface area contributed by atoms with E-state index in [-0.39, 0.29) is 23.3 Å². The minimum atomic E-state index is -3.85. The summed E-state index contributed by atoms with van der Waals surface area (Å²) in [6.07, 6.45) is 1.04. The van der Waals surface area contributed by atoms with Crippen LogP contribution >= 0.6 is 0 Å². The lowest BCUT2D eigenvalue weighted by molar-refractivity contribution is -0.123. The molecule has 2 amide bonds. The van der Waals surface area contributed by atoms with Gasteiger partial charge in [0, 0.05) is 24.8 Å². The quantitative estimate of drug-likeness (QED) is 0.671. The van der Waals surface area contributed by atoms with E-state index in [1.54, 1.807) is 13.0 Å². The van der Waals surface area contributed by atoms with E-state index < -0.39 is 22.0 Å². The summed E-state index contributed by atoms with van der Waals surface area (Å²) in [5, 5.41) is 5.73. The van der Waals surface area contributed by atoms with Crippen LogP contribution in [0.25, 0.3) is 0 Å². The number of piperidine rings is 1. The van der Waals surface area contributed by atoms with Crippen molar-refractivity contribution in [2.24, 2.45) is 5.92 Å². The molecule has 0 spiro atoms. The standard InChI is InChI=1S/C25H31N3O5S/c1-5-21-25(30)27-20-12-17(4)23(13-22(20)33-21)34(31,32)28-10-6-7-18(14-28)24(29)26-19-9-8-15(2)16(3)11-19/h8-9,11-13,18,21H,5-7,10,14H2,1-4H3,(H,26,29)(H,27,30)/t18-,21-/m1/s1. The highest BCUT2D eigenvalue weighted by Gasteiger charge is 2.36. The molecular weight excluding hydrogens is 454 g/mol. The highest BCUT2D eigenvalue weighted by atomic mass is 32.2. The molecule has 0 aliphatic carbocycles. The minimum Gasteiger partial charge on any atom is -0.478 e. The largest absolute Gasteiger partial charge is 0.478 e. The molecule has 1 saturated heterocycles. The number of nitrogens with one attached hydrogen (secondary N) is 2. The number of benzene rings is 2. The third-order valence-corrected chi connectivity index (χ3v) is 8.62. The molecule has 182 valence electrons. The van der Waals surface area contributed by atoms with Gasteiger partial charge in [0.05, 0.1) is 16.5 Å². The first-order valence-electron chi connectivity index (χ1n) is 11.6. The monoisotopic (exact) mass is 485 g/mol. The Labute approximate surface area is 200 Å². The van der Waals surface area contributed by atoms with Gasteiger partial charge in [-0.3, -0.25) is 9.59 Å². The van der Waals surface area contributed by atoms with Crippen LogP contribution in [0.3, 0.4) is 0 Å². The van der Waals surface area contributed by atoms with Crippen molar-refractivity contribution in [3.63, 3.8) is 0 Å². The Morgan fingerprint density at radius 3 is 2.62 bits per heavy atom. The van der Waals surface area contributed by atoms with Crippen LogP contribution in [0.4, 0.5) is 11.4 Å². The Balaban J connectivity index is 1.54. The summed E-state index contributed by atoms with van der Waals surface area (Å²) >= 11 is 0. The second kappa shape index (κ2) is 9.38. The number of sulfonamides is 1. The van der Waals surface area contributed by atoms with Gasteiger partial charge in [-0.2, -0.15) is 4.31 Å². The van der Waals surface area contributed by atoms with Crippen molar-refractivity contribution in [3.05, 3.63) is 47.0 Å². The molecule has 0 bridgehead atoms. The first kappa shape index (κ1) is 24.2. The second-order valence-electron chi connectivity index (χ2n) is 9.11. The molecule has 0 radical (unpaired) electrons. The smallest absolute Gasteiger partial charge is 0.265 e. The van der Waals surface area contributed by atoms with Crippen LogP contribution in [0, 0.1) is 26.7 Å². The molecule has 8 nitrogen and oxygen atoms in total. The van der Waals surface area contributed by atoms with Crippen LogP contribution in [-0.2, 0) is 19.6 Å². The molecule has 2 atom stereocenters. The van der Waals surface area contributed by atoms with Gasteiger partial charge in [0.1, 0.15) is 5.75 Å². The van der Waals surface area contributed by atoms with Crippen LogP contribution in [0.1, 0.15) is 42.9 Å². The molecule has 2 heterocycles. The van der Waals surface area contributed by atoms with Crippen molar-refractivity contribution in [2.75, 3.05) is 23.7 Å². The van der Waals surface area contributed by atoms with E-state index in [2.05, 4.69) is 10.6 Å². The van der Waals surface area contributed by atoms with Gasteiger partial charge in [-0.15, -0.1) is 0 Å². The molecule has 0 aromatic heterocycles. The van der Waals surface area contributed by atoms with Gasteiger partial charge in [-0.25, -0.2) is 8.42 Å². The number of hydrogen-bond acceptors (Lipinski definition) is 5. The van der Waals surface area contributed by atoms with Crippen molar-refractivity contribution in [2.45, 2.75) is 58.0 Å². The number of ether oxygens (including phenoxy) is 1. The van der Waals surface area contributed by atoms with Gasteiger partial charge in [0.15, 0.2) is 6.10 Å². The lowest BCUT2D eigenvalue weighted by Gasteiger charge is -2.32. The number of nitrogens with zero attached hydrogens (tertiary/aromatic N) is 1. The van der Waals surface area contributed by atoms with E-state index in [0.29, 0.717) is 48.5 Å². The number of amides is 2. The summed E-state index contributed by atoms with van der Waals surface area (Å²) in [6, 6.07) is 8.84. The molecule has 34 heavy (non-hydrogen) atoms. The number of fused-ring (bicyclic) bond motifs is 1. The Bertz CT molecular complexity index is 1240. The van der Waals surface area contributed by atoms with Crippen molar-refractivity contribution in [1.29, 1.82) is 0 Å². The summed E-state index contributed by atoms with van der Waals surface area (Å²) in [6.45, 7) is 7.98. The summed E-state index contributed by atoms with van der Waals surface area (Å²) < 4.78 is 34.3. The first-order valence-corrected chi connectivity index (χ1v) is 13.0. The average Bonchev–Trinajstić information content (AvgIpc) is 2.80. The molecule has 2 aliphatic heterocycles. The van der Waals surface area contributed by atoms with Gasteiger partial charge >= 0.3 is 0 Å². The third-order valence-electron chi connectivity index (χ3n) is 6.61. The first-order chi connectivity index (χ1) is 16.1. The molecule has 0 unspecified atom stereocenters. The summed E-state index contributed by atoms with van der Waals surface area (Å²) in [7, 11) is -3.85. The normalized spacial score (nSPS) is 20.8. The van der Waals surface area contributed by atoms with E-state index >= 15 is 0 Å². The number of hydrogen-bond donors (Lipinski definition) is 2. The predicted octanol–water partition coefficient (Wildman–Crippen LogP) is 3.76. The SMILES string of the molecule is CC[C@H]1Oc2cc(S(=O)(=O)N3CCC[C@@H](C(=O)Nc4ccc(C)c(C)c4)C3)c(C)cc2NC1=O. The van der Waals surface area contributed by atoms with Gasteiger partial charge in [0.25, 0.3) is 5.91 Å². The highest BCUT2D eigenvalue weighted by Crippen LogP contribution is 2.36. The van der Waals surface area contributed by atoms with Crippen molar-refractivity contribution in [3.8, 4) is 5.75 Å². The predicted molar refractivity (Wildman–Crippen MR) is 131 cm³/mol.